The largest absolute Gasteiger partial charge is 0.370 e. The van der Waals surface area contributed by atoms with Crippen LogP contribution in [0.3, 0.4) is 0 Å². The van der Waals surface area contributed by atoms with Crippen LogP contribution in [-0.4, -0.2) is 25.7 Å². The van der Waals surface area contributed by atoms with E-state index in [-0.39, 0.29) is 11.2 Å². The third kappa shape index (κ3) is 5.46. The third-order valence-corrected chi connectivity index (χ3v) is 3.40. The van der Waals surface area contributed by atoms with Crippen molar-refractivity contribution < 1.29 is 8.42 Å². The summed E-state index contributed by atoms with van der Waals surface area (Å²) in [7, 11) is -3.37. The van der Waals surface area contributed by atoms with Crippen LogP contribution in [0.1, 0.15) is 32.8 Å². The summed E-state index contributed by atoms with van der Waals surface area (Å²) >= 11 is 0. The number of rotatable bonds is 5. The standard InChI is InChI=1S/C12H21N3O2S/c1-12(2,3)10-5-6-11(15-9-10)14-7-4-8-18(13,16)17/h5-6,9H,4,7-8H2,1-3H3,(H,14,15)(H2,13,16,17). The molecule has 0 radical (unpaired) electrons. The average molecular weight is 271 g/mol. The van der Waals surface area contributed by atoms with E-state index in [9.17, 15) is 8.42 Å². The van der Waals surface area contributed by atoms with Crippen molar-refractivity contribution in [2.75, 3.05) is 17.6 Å². The molecule has 0 aliphatic heterocycles. The Morgan fingerprint density at radius 1 is 1.33 bits per heavy atom. The number of pyridine rings is 1. The molecule has 0 aliphatic rings. The van der Waals surface area contributed by atoms with Crippen LogP contribution in [0.2, 0.25) is 0 Å². The number of nitrogens with one attached hydrogen (secondary N) is 1. The molecule has 0 bridgehead atoms. The summed E-state index contributed by atoms with van der Waals surface area (Å²) in [6.07, 6.45) is 2.31. The lowest BCUT2D eigenvalue weighted by atomic mass is 9.88. The van der Waals surface area contributed by atoms with Crippen molar-refractivity contribution in [3.8, 4) is 0 Å². The minimum absolute atomic E-state index is 0.0138. The maximum Gasteiger partial charge on any atom is 0.209 e. The van der Waals surface area contributed by atoms with Gasteiger partial charge in [-0.05, 0) is 23.5 Å². The number of primary sulfonamides is 1. The lowest BCUT2D eigenvalue weighted by Gasteiger charge is -2.18. The highest BCUT2D eigenvalue weighted by Gasteiger charge is 2.13. The summed E-state index contributed by atoms with van der Waals surface area (Å²) in [5, 5.41) is 7.98. The molecule has 0 spiro atoms. The molecule has 0 amide bonds. The predicted molar refractivity (Wildman–Crippen MR) is 74.0 cm³/mol. The predicted octanol–water partition coefficient (Wildman–Crippen LogP) is 1.47. The van der Waals surface area contributed by atoms with Gasteiger partial charge in [0.05, 0.1) is 5.75 Å². The number of sulfonamides is 1. The van der Waals surface area contributed by atoms with E-state index in [0.717, 1.165) is 11.4 Å². The van der Waals surface area contributed by atoms with E-state index in [2.05, 4.69) is 31.1 Å². The van der Waals surface area contributed by atoms with Crippen molar-refractivity contribution in [1.82, 2.24) is 4.98 Å². The molecule has 6 heteroatoms. The van der Waals surface area contributed by atoms with Crippen molar-refractivity contribution in [3.63, 3.8) is 0 Å². The number of nitrogens with zero attached hydrogens (tertiary/aromatic N) is 1. The lowest BCUT2D eigenvalue weighted by molar-refractivity contribution is 0.587. The summed E-state index contributed by atoms with van der Waals surface area (Å²) in [5.74, 6) is 0.734. The Balaban J connectivity index is 2.45. The number of hydrogen-bond acceptors (Lipinski definition) is 4. The second-order valence-electron chi connectivity index (χ2n) is 5.33. The highest BCUT2D eigenvalue weighted by molar-refractivity contribution is 7.89. The topological polar surface area (TPSA) is 85.1 Å². The van der Waals surface area contributed by atoms with Crippen molar-refractivity contribution in [2.24, 2.45) is 5.14 Å². The fourth-order valence-corrected chi connectivity index (χ4v) is 1.98. The third-order valence-electron chi connectivity index (χ3n) is 2.54. The first kappa shape index (κ1) is 14.9. The van der Waals surface area contributed by atoms with Gasteiger partial charge in [-0.2, -0.15) is 0 Å². The van der Waals surface area contributed by atoms with E-state index in [1.54, 1.807) is 0 Å². The molecule has 5 nitrogen and oxygen atoms in total. The Hall–Kier alpha value is -1.14. The summed E-state index contributed by atoms with van der Waals surface area (Å²) in [6, 6.07) is 3.92. The molecule has 1 rings (SSSR count). The maximum absolute atomic E-state index is 10.7. The maximum atomic E-state index is 10.7. The number of aromatic nitrogens is 1. The molecule has 0 aliphatic carbocycles. The molecule has 1 heterocycles. The Morgan fingerprint density at radius 2 is 2.00 bits per heavy atom. The van der Waals surface area contributed by atoms with Gasteiger partial charge >= 0.3 is 0 Å². The minimum Gasteiger partial charge on any atom is -0.370 e. The molecule has 0 unspecified atom stereocenters. The van der Waals surface area contributed by atoms with Gasteiger partial charge in [-0.3, -0.25) is 0 Å². The zero-order valence-corrected chi connectivity index (χ0v) is 11.9. The van der Waals surface area contributed by atoms with Gasteiger partial charge in [0, 0.05) is 12.7 Å². The van der Waals surface area contributed by atoms with Crippen LogP contribution in [0.15, 0.2) is 18.3 Å². The van der Waals surface area contributed by atoms with Crippen LogP contribution in [0, 0.1) is 0 Å². The summed E-state index contributed by atoms with van der Waals surface area (Å²) in [5.41, 5.74) is 1.25. The molecular weight excluding hydrogens is 250 g/mol. The van der Waals surface area contributed by atoms with Crippen molar-refractivity contribution in [2.45, 2.75) is 32.6 Å². The van der Waals surface area contributed by atoms with E-state index in [4.69, 9.17) is 5.14 Å². The van der Waals surface area contributed by atoms with Gasteiger partial charge in [0.2, 0.25) is 10.0 Å². The van der Waals surface area contributed by atoms with E-state index in [1.807, 2.05) is 18.3 Å². The number of nitrogens with two attached hydrogens (primary N) is 1. The van der Waals surface area contributed by atoms with E-state index >= 15 is 0 Å². The van der Waals surface area contributed by atoms with Crippen LogP contribution >= 0.6 is 0 Å². The van der Waals surface area contributed by atoms with Crippen LogP contribution in [-0.2, 0) is 15.4 Å². The first-order valence-corrected chi connectivity index (χ1v) is 7.61. The van der Waals surface area contributed by atoms with Gasteiger partial charge in [0.25, 0.3) is 0 Å². The SMILES string of the molecule is CC(C)(C)c1ccc(NCCCS(N)(=O)=O)nc1. The summed E-state index contributed by atoms with van der Waals surface area (Å²) in [4.78, 5) is 4.29. The Labute approximate surface area is 109 Å². The highest BCUT2D eigenvalue weighted by atomic mass is 32.2. The van der Waals surface area contributed by atoms with Gasteiger partial charge in [-0.15, -0.1) is 0 Å². The molecule has 102 valence electrons. The van der Waals surface area contributed by atoms with Gasteiger partial charge in [0.15, 0.2) is 0 Å². The van der Waals surface area contributed by atoms with Crippen molar-refractivity contribution in [3.05, 3.63) is 23.9 Å². The fourth-order valence-electron chi connectivity index (χ4n) is 1.43. The van der Waals surface area contributed by atoms with E-state index < -0.39 is 10.0 Å². The van der Waals surface area contributed by atoms with E-state index in [1.165, 1.54) is 0 Å². The van der Waals surface area contributed by atoms with Crippen LogP contribution < -0.4 is 10.5 Å². The Kier molecular flexibility index (Phi) is 4.70. The number of hydrogen-bond donors (Lipinski definition) is 2. The molecule has 18 heavy (non-hydrogen) atoms. The Bertz CT molecular complexity index is 475. The quantitative estimate of drug-likeness (QED) is 0.794. The zero-order chi connectivity index (χ0) is 13.8. The molecule has 0 fully saturated rings. The normalized spacial score (nSPS) is 12.4. The second kappa shape index (κ2) is 5.67. The molecule has 1 aromatic rings. The van der Waals surface area contributed by atoms with Crippen LogP contribution in [0.4, 0.5) is 5.82 Å². The molecule has 0 saturated carbocycles. The first-order chi connectivity index (χ1) is 8.18. The summed E-state index contributed by atoms with van der Waals surface area (Å²) < 4.78 is 21.5. The molecule has 0 aromatic carbocycles. The molecule has 3 N–H and O–H groups in total. The number of anilines is 1. The Morgan fingerprint density at radius 3 is 2.44 bits per heavy atom. The first-order valence-electron chi connectivity index (χ1n) is 5.89. The van der Waals surface area contributed by atoms with Crippen LogP contribution in [0.25, 0.3) is 0 Å². The summed E-state index contributed by atoms with van der Waals surface area (Å²) in [6.45, 7) is 6.92. The zero-order valence-electron chi connectivity index (χ0n) is 11.1. The highest BCUT2D eigenvalue weighted by Crippen LogP contribution is 2.21. The van der Waals surface area contributed by atoms with Gasteiger partial charge < -0.3 is 5.32 Å². The molecule has 0 atom stereocenters. The van der Waals surface area contributed by atoms with Crippen LogP contribution in [0.5, 0.6) is 0 Å². The van der Waals surface area contributed by atoms with Gasteiger partial charge in [-0.25, -0.2) is 18.5 Å². The van der Waals surface area contributed by atoms with Gasteiger partial charge in [0.1, 0.15) is 5.82 Å². The monoisotopic (exact) mass is 271 g/mol. The second-order valence-corrected chi connectivity index (χ2v) is 7.06. The smallest absolute Gasteiger partial charge is 0.209 e. The molecule has 1 aromatic heterocycles. The fraction of sp³-hybridized carbons (Fsp3) is 0.583. The molecular formula is C12H21N3O2S. The molecule has 0 saturated heterocycles. The van der Waals surface area contributed by atoms with Crippen molar-refractivity contribution >= 4 is 15.8 Å². The lowest BCUT2D eigenvalue weighted by Crippen LogP contribution is -2.19. The average Bonchev–Trinajstić information content (AvgIpc) is 2.22. The van der Waals surface area contributed by atoms with Crippen molar-refractivity contribution in [1.29, 1.82) is 0 Å². The van der Waals surface area contributed by atoms with E-state index in [0.29, 0.717) is 13.0 Å². The van der Waals surface area contributed by atoms with Gasteiger partial charge in [-0.1, -0.05) is 26.8 Å². The minimum atomic E-state index is -3.37.